The Morgan fingerprint density at radius 1 is 1.25 bits per heavy atom. The first-order chi connectivity index (χ1) is 11.6. The van der Waals surface area contributed by atoms with Crippen LogP contribution < -0.4 is 5.56 Å². The third kappa shape index (κ3) is 3.36. The molecule has 3 rings (SSSR count). The molecule has 0 aliphatic rings. The van der Waals surface area contributed by atoms with Gasteiger partial charge in [-0.05, 0) is 18.6 Å². The summed E-state index contributed by atoms with van der Waals surface area (Å²) in [6, 6.07) is 7.43. The summed E-state index contributed by atoms with van der Waals surface area (Å²) in [6.45, 7) is 6.72. The van der Waals surface area contributed by atoms with E-state index in [4.69, 9.17) is 4.52 Å². The zero-order chi connectivity index (χ0) is 17.1. The maximum Gasteiger partial charge on any atom is 0.262 e. The van der Waals surface area contributed by atoms with Gasteiger partial charge in [-0.15, -0.1) is 0 Å². The molecule has 6 nitrogen and oxygen atoms in total. The second-order valence-corrected chi connectivity index (χ2v) is 6.80. The van der Waals surface area contributed by atoms with Gasteiger partial charge in [0.1, 0.15) is 0 Å². The molecule has 0 saturated heterocycles. The van der Waals surface area contributed by atoms with E-state index in [1.54, 1.807) is 4.57 Å². The number of aromatic nitrogens is 4. The van der Waals surface area contributed by atoms with Crippen molar-refractivity contribution in [1.29, 1.82) is 0 Å². The largest absolute Gasteiger partial charge is 0.338 e. The summed E-state index contributed by atoms with van der Waals surface area (Å²) < 4.78 is 7.00. The third-order valence-electron chi connectivity index (χ3n) is 3.60. The lowest BCUT2D eigenvalue weighted by molar-refractivity contribution is 0.382. The maximum atomic E-state index is 12.7. The quantitative estimate of drug-likeness (QED) is 0.502. The number of benzene rings is 1. The Kier molecular flexibility index (Phi) is 4.99. The zero-order valence-electron chi connectivity index (χ0n) is 14.0. The molecule has 0 spiro atoms. The molecule has 0 N–H and O–H groups in total. The van der Waals surface area contributed by atoms with E-state index in [2.05, 4.69) is 15.1 Å². The van der Waals surface area contributed by atoms with E-state index in [0.29, 0.717) is 40.1 Å². The van der Waals surface area contributed by atoms with Crippen LogP contribution >= 0.6 is 11.8 Å². The van der Waals surface area contributed by atoms with Crippen molar-refractivity contribution >= 4 is 22.7 Å². The Bertz CT molecular complexity index is 901. The van der Waals surface area contributed by atoms with Crippen LogP contribution in [0, 0.1) is 0 Å². The Hall–Kier alpha value is -2.15. The highest BCUT2D eigenvalue weighted by molar-refractivity contribution is 7.98. The van der Waals surface area contributed by atoms with E-state index in [1.165, 1.54) is 11.8 Å². The van der Waals surface area contributed by atoms with Crippen LogP contribution in [0.1, 0.15) is 44.8 Å². The predicted molar refractivity (Wildman–Crippen MR) is 94.2 cm³/mol. The summed E-state index contributed by atoms with van der Waals surface area (Å²) >= 11 is 1.45. The standard InChI is InChI=1S/C17H20N4O2S/c1-4-9-21-16(22)12-7-5-6-8-13(12)18-17(21)24-10-14-19-15(11(2)3)20-23-14/h5-8,11H,4,9-10H2,1-3H3. The molecule has 7 heteroatoms. The van der Waals surface area contributed by atoms with Gasteiger partial charge in [0.25, 0.3) is 5.56 Å². The second-order valence-electron chi connectivity index (χ2n) is 5.86. The van der Waals surface area contributed by atoms with Crippen molar-refractivity contribution in [3.63, 3.8) is 0 Å². The van der Waals surface area contributed by atoms with Crippen LogP contribution in [0.4, 0.5) is 0 Å². The van der Waals surface area contributed by atoms with Gasteiger partial charge in [0.15, 0.2) is 11.0 Å². The molecule has 0 saturated carbocycles. The lowest BCUT2D eigenvalue weighted by Crippen LogP contribution is -2.23. The minimum atomic E-state index is -0.00153. The highest BCUT2D eigenvalue weighted by Crippen LogP contribution is 2.22. The molecule has 1 aromatic carbocycles. The number of hydrogen-bond donors (Lipinski definition) is 0. The molecule has 2 heterocycles. The number of fused-ring (bicyclic) bond motifs is 1. The topological polar surface area (TPSA) is 73.8 Å². The van der Waals surface area contributed by atoms with Gasteiger partial charge in [0.05, 0.1) is 16.7 Å². The van der Waals surface area contributed by atoms with Crippen molar-refractivity contribution in [3.05, 3.63) is 46.3 Å². The number of para-hydroxylation sites is 1. The van der Waals surface area contributed by atoms with Crippen LogP contribution in [0.2, 0.25) is 0 Å². The smallest absolute Gasteiger partial charge is 0.262 e. The van der Waals surface area contributed by atoms with E-state index in [-0.39, 0.29) is 11.5 Å². The molecule has 3 aromatic rings. The highest BCUT2D eigenvalue weighted by atomic mass is 32.2. The molecule has 0 aliphatic heterocycles. The summed E-state index contributed by atoms with van der Waals surface area (Å²) in [4.78, 5) is 21.7. The summed E-state index contributed by atoms with van der Waals surface area (Å²) in [5, 5.41) is 5.30. The van der Waals surface area contributed by atoms with E-state index in [0.717, 1.165) is 6.42 Å². The van der Waals surface area contributed by atoms with Gasteiger partial charge >= 0.3 is 0 Å². The molecule has 0 bridgehead atoms. The maximum absolute atomic E-state index is 12.7. The van der Waals surface area contributed by atoms with E-state index >= 15 is 0 Å². The monoisotopic (exact) mass is 344 g/mol. The normalized spacial score (nSPS) is 11.5. The molecule has 0 aliphatic carbocycles. The van der Waals surface area contributed by atoms with Crippen molar-refractivity contribution in [2.75, 3.05) is 0 Å². The first-order valence-corrected chi connectivity index (χ1v) is 9.03. The van der Waals surface area contributed by atoms with E-state index in [9.17, 15) is 4.79 Å². The van der Waals surface area contributed by atoms with E-state index in [1.807, 2.05) is 45.0 Å². The summed E-state index contributed by atoms with van der Waals surface area (Å²) in [5.41, 5.74) is 0.712. The Morgan fingerprint density at radius 3 is 2.75 bits per heavy atom. The summed E-state index contributed by atoms with van der Waals surface area (Å²) in [5.74, 6) is 1.97. The minimum absolute atomic E-state index is 0.00153. The van der Waals surface area contributed by atoms with Crippen molar-refractivity contribution in [1.82, 2.24) is 19.7 Å². The number of rotatable bonds is 6. The van der Waals surface area contributed by atoms with Gasteiger partial charge in [-0.3, -0.25) is 9.36 Å². The Morgan fingerprint density at radius 2 is 2.04 bits per heavy atom. The van der Waals surface area contributed by atoms with Crippen LogP contribution in [0.5, 0.6) is 0 Å². The molecule has 0 unspecified atom stereocenters. The lowest BCUT2D eigenvalue weighted by Gasteiger charge is -2.11. The average molecular weight is 344 g/mol. The molecule has 126 valence electrons. The summed E-state index contributed by atoms with van der Waals surface area (Å²) in [7, 11) is 0. The molecular formula is C17H20N4O2S. The van der Waals surface area contributed by atoms with Gasteiger partial charge in [-0.2, -0.15) is 4.98 Å². The lowest BCUT2D eigenvalue weighted by atomic mass is 10.2. The van der Waals surface area contributed by atoms with Crippen molar-refractivity contribution in [2.24, 2.45) is 0 Å². The predicted octanol–water partition coefficient (Wildman–Crippen LogP) is 3.61. The number of thioether (sulfide) groups is 1. The molecule has 2 aromatic heterocycles. The fourth-order valence-corrected chi connectivity index (χ4v) is 3.23. The van der Waals surface area contributed by atoms with Gasteiger partial charge in [-0.1, -0.05) is 49.8 Å². The van der Waals surface area contributed by atoms with Crippen LogP contribution in [0.25, 0.3) is 10.9 Å². The fourth-order valence-electron chi connectivity index (χ4n) is 2.37. The number of nitrogens with zero attached hydrogens (tertiary/aromatic N) is 4. The fraction of sp³-hybridized carbons (Fsp3) is 0.412. The molecular weight excluding hydrogens is 324 g/mol. The van der Waals surface area contributed by atoms with Gasteiger partial charge in [-0.25, -0.2) is 4.98 Å². The highest BCUT2D eigenvalue weighted by Gasteiger charge is 2.14. The SMILES string of the molecule is CCCn1c(SCc2nc(C(C)C)no2)nc2ccccc2c1=O. The Labute approximate surface area is 144 Å². The number of hydrogen-bond acceptors (Lipinski definition) is 6. The third-order valence-corrected chi connectivity index (χ3v) is 4.56. The molecule has 24 heavy (non-hydrogen) atoms. The van der Waals surface area contributed by atoms with Gasteiger partial charge in [0.2, 0.25) is 5.89 Å². The van der Waals surface area contributed by atoms with Crippen LogP contribution in [-0.4, -0.2) is 19.7 Å². The molecule has 0 radical (unpaired) electrons. The van der Waals surface area contributed by atoms with Crippen LogP contribution in [0.15, 0.2) is 38.7 Å². The first-order valence-electron chi connectivity index (χ1n) is 8.05. The van der Waals surface area contributed by atoms with Crippen molar-refractivity contribution < 1.29 is 4.52 Å². The average Bonchev–Trinajstić information content (AvgIpc) is 3.05. The molecule has 0 amide bonds. The summed E-state index contributed by atoms with van der Waals surface area (Å²) in [6.07, 6.45) is 0.867. The van der Waals surface area contributed by atoms with E-state index < -0.39 is 0 Å². The van der Waals surface area contributed by atoms with Crippen molar-refractivity contribution in [3.8, 4) is 0 Å². The molecule has 0 atom stereocenters. The van der Waals surface area contributed by atoms with Crippen molar-refractivity contribution in [2.45, 2.75) is 50.6 Å². The van der Waals surface area contributed by atoms with Crippen LogP contribution in [0.3, 0.4) is 0 Å². The van der Waals surface area contributed by atoms with Gasteiger partial charge in [0, 0.05) is 12.5 Å². The molecule has 0 fully saturated rings. The van der Waals surface area contributed by atoms with Gasteiger partial charge < -0.3 is 4.52 Å². The Balaban J connectivity index is 1.92. The first kappa shape index (κ1) is 16.7. The minimum Gasteiger partial charge on any atom is -0.338 e. The van der Waals surface area contributed by atoms with Crippen LogP contribution in [-0.2, 0) is 12.3 Å². The second kappa shape index (κ2) is 7.17. The zero-order valence-corrected chi connectivity index (χ0v) is 14.8.